The molecule has 0 aromatic carbocycles. The predicted molar refractivity (Wildman–Crippen MR) is 62.5 cm³/mol. The largest absolute Gasteiger partial charge is 0.383 e. The number of rotatable bonds is 6. The van der Waals surface area contributed by atoms with Crippen LogP contribution in [0.3, 0.4) is 0 Å². The number of piperidine rings is 1. The molecule has 0 radical (unpaired) electrons. The van der Waals surface area contributed by atoms with Crippen LogP contribution in [0.5, 0.6) is 0 Å². The van der Waals surface area contributed by atoms with Crippen molar-refractivity contribution in [2.45, 2.75) is 38.1 Å². The summed E-state index contributed by atoms with van der Waals surface area (Å²) < 4.78 is 5.26. The van der Waals surface area contributed by atoms with Crippen LogP contribution < -0.4 is 11.2 Å². The van der Waals surface area contributed by atoms with Gasteiger partial charge >= 0.3 is 0 Å². The van der Waals surface area contributed by atoms with Crippen molar-refractivity contribution in [2.75, 3.05) is 33.4 Å². The molecule has 1 aliphatic heterocycles. The molecule has 0 aliphatic carbocycles. The minimum Gasteiger partial charge on any atom is -0.383 e. The van der Waals surface area contributed by atoms with Crippen LogP contribution in [-0.2, 0) is 4.74 Å². The molecule has 1 heterocycles. The summed E-state index contributed by atoms with van der Waals surface area (Å²) >= 11 is 0. The predicted octanol–water partition coefficient (Wildman–Crippen LogP) is 0.731. The van der Waals surface area contributed by atoms with Crippen LogP contribution in [0, 0.1) is 0 Å². The summed E-state index contributed by atoms with van der Waals surface area (Å²) in [5, 5.41) is 2.30. The highest BCUT2D eigenvalue weighted by Gasteiger charge is 2.29. The Labute approximate surface area is 93.1 Å². The van der Waals surface area contributed by atoms with Crippen molar-refractivity contribution < 1.29 is 4.74 Å². The zero-order valence-electron chi connectivity index (χ0n) is 10.1. The van der Waals surface area contributed by atoms with Crippen molar-refractivity contribution >= 4 is 0 Å². The van der Waals surface area contributed by atoms with Crippen molar-refractivity contribution in [3.63, 3.8) is 0 Å². The highest BCUT2D eigenvalue weighted by atomic mass is 16.5. The molecule has 0 aromatic heterocycles. The minimum absolute atomic E-state index is 0.0773. The van der Waals surface area contributed by atoms with Crippen molar-refractivity contribution in [1.82, 2.24) is 10.4 Å². The Hall–Kier alpha value is -0.160. The number of nitrogens with one attached hydrogen (secondary N) is 1. The van der Waals surface area contributed by atoms with Crippen LogP contribution >= 0.6 is 0 Å². The third-order valence-corrected chi connectivity index (χ3v) is 3.24. The van der Waals surface area contributed by atoms with Gasteiger partial charge in [0, 0.05) is 26.7 Å². The molecule has 0 bridgehead atoms. The number of nitrogens with two attached hydrogens (primary N) is 1. The summed E-state index contributed by atoms with van der Waals surface area (Å²) in [4.78, 5) is 0. The molecule has 1 atom stereocenters. The fourth-order valence-corrected chi connectivity index (χ4v) is 2.08. The lowest BCUT2D eigenvalue weighted by Crippen LogP contribution is -2.61. The monoisotopic (exact) mass is 215 g/mol. The van der Waals surface area contributed by atoms with Crippen LogP contribution in [0.2, 0.25) is 0 Å². The third kappa shape index (κ3) is 3.72. The van der Waals surface area contributed by atoms with E-state index in [9.17, 15) is 0 Å². The van der Waals surface area contributed by atoms with Gasteiger partial charge in [-0.15, -0.1) is 0 Å². The molecule has 1 saturated heterocycles. The molecule has 15 heavy (non-hydrogen) atoms. The standard InChI is InChI=1S/C11H25N3O/c1-3-11(9-12,10-15-2)13-14-7-5-4-6-8-14/h13H,3-10,12H2,1-2H3. The molecule has 1 unspecified atom stereocenters. The fraction of sp³-hybridized carbons (Fsp3) is 1.00. The first-order valence-electron chi connectivity index (χ1n) is 5.98. The molecular weight excluding hydrogens is 190 g/mol. The number of hydrazine groups is 1. The van der Waals surface area contributed by atoms with Crippen LogP contribution in [0.25, 0.3) is 0 Å². The molecule has 90 valence electrons. The number of methoxy groups -OCH3 is 1. The van der Waals surface area contributed by atoms with E-state index in [1.54, 1.807) is 7.11 Å². The maximum atomic E-state index is 5.85. The van der Waals surface area contributed by atoms with Crippen LogP contribution in [0.4, 0.5) is 0 Å². The van der Waals surface area contributed by atoms with Gasteiger partial charge in [0.2, 0.25) is 0 Å². The van der Waals surface area contributed by atoms with Crippen LogP contribution in [0.1, 0.15) is 32.6 Å². The summed E-state index contributed by atoms with van der Waals surface area (Å²) in [6.07, 6.45) is 4.91. The van der Waals surface area contributed by atoms with Gasteiger partial charge in [-0.2, -0.15) is 0 Å². The van der Waals surface area contributed by atoms with Crippen LogP contribution in [0.15, 0.2) is 0 Å². The van der Waals surface area contributed by atoms with Gasteiger partial charge in [0.05, 0.1) is 12.1 Å². The fourth-order valence-electron chi connectivity index (χ4n) is 2.08. The van der Waals surface area contributed by atoms with Gasteiger partial charge in [-0.1, -0.05) is 13.3 Å². The first kappa shape index (κ1) is 12.9. The number of hydrogen-bond donors (Lipinski definition) is 2. The molecule has 1 aliphatic rings. The van der Waals surface area contributed by atoms with Gasteiger partial charge in [-0.05, 0) is 19.3 Å². The molecule has 0 spiro atoms. The molecule has 0 aromatic rings. The van der Waals surface area contributed by atoms with Crippen molar-refractivity contribution in [3.8, 4) is 0 Å². The summed E-state index contributed by atoms with van der Waals surface area (Å²) in [7, 11) is 1.73. The lowest BCUT2D eigenvalue weighted by Gasteiger charge is -2.39. The van der Waals surface area contributed by atoms with E-state index in [4.69, 9.17) is 10.5 Å². The molecule has 4 heteroatoms. The minimum atomic E-state index is -0.0773. The van der Waals surface area contributed by atoms with Gasteiger partial charge in [0.1, 0.15) is 0 Å². The van der Waals surface area contributed by atoms with Gasteiger partial charge in [0.25, 0.3) is 0 Å². The van der Waals surface area contributed by atoms with E-state index in [-0.39, 0.29) is 5.54 Å². The van der Waals surface area contributed by atoms with Crippen molar-refractivity contribution in [2.24, 2.45) is 5.73 Å². The molecule has 0 saturated carbocycles. The van der Waals surface area contributed by atoms with Gasteiger partial charge in [-0.3, -0.25) is 0 Å². The van der Waals surface area contributed by atoms with E-state index in [0.717, 1.165) is 19.5 Å². The smallest absolute Gasteiger partial charge is 0.0678 e. The number of hydrogen-bond acceptors (Lipinski definition) is 4. The average Bonchev–Trinajstić information content (AvgIpc) is 2.30. The van der Waals surface area contributed by atoms with Crippen molar-refractivity contribution in [1.29, 1.82) is 0 Å². The molecule has 0 amide bonds. The summed E-state index contributed by atoms with van der Waals surface area (Å²) in [5.41, 5.74) is 9.33. The molecule has 1 fully saturated rings. The molecular formula is C11H25N3O. The SMILES string of the molecule is CCC(CN)(COC)NN1CCCCC1. The lowest BCUT2D eigenvalue weighted by molar-refractivity contribution is 0.0280. The summed E-state index contributed by atoms with van der Waals surface area (Å²) in [5.74, 6) is 0. The van der Waals surface area contributed by atoms with Crippen molar-refractivity contribution in [3.05, 3.63) is 0 Å². The number of nitrogens with zero attached hydrogens (tertiary/aromatic N) is 1. The highest BCUT2D eigenvalue weighted by molar-refractivity contribution is 4.87. The Bertz CT molecular complexity index is 165. The lowest BCUT2D eigenvalue weighted by atomic mass is 9.98. The van der Waals surface area contributed by atoms with E-state index in [0.29, 0.717) is 13.2 Å². The quantitative estimate of drug-likeness (QED) is 0.686. The Morgan fingerprint density at radius 1 is 1.33 bits per heavy atom. The highest BCUT2D eigenvalue weighted by Crippen LogP contribution is 2.13. The van der Waals surface area contributed by atoms with E-state index in [2.05, 4.69) is 17.4 Å². The molecule has 4 nitrogen and oxygen atoms in total. The molecule has 3 N–H and O–H groups in total. The first-order chi connectivity index (χ1) is 7.26. The maximum Gasteiger partial charge on any atom is 0.0678 e. The normalized spacial score (nSPS) is 22.6. The van der Waals surface area contributed by atoms with E-state index < -0.39 is 0 Å². The topological polar surface area (TPSA) is 50.5 Å². The van der Waals surface area contributed by atoms with Gasteiger partial charge in [0.15, 0.2) is 0 Å². The second-order valence-electron chi connectivity index (χ2n) is 4.43. The van der Waals surface area contributed by atoms with Gasteiger partial charge < -0.3 is 10.5 Å². The Morgan fingerprint density at radius 2 is 2.00 bits per heavy atom. The van der Waals surface area contributed by atoms with E-state index in [1.807, 2.05) is 0 Å². The average molecular weight is 215 g/mol. The van der Waals surface area contributed by atoms with E-state index in [1.165, 1.54) is 19.3 Å². The van der Waals surface area contributed by atoms with E-state index >= 15 is 0 Å². The molecule has 1 rings (SSSR count). The van der Waals surface area contributed by atoms with Crippen LogP contribution in [-0.4, -0.2) is 43.9 Å². The number of ether oxygens (including phenoxy) is 1. The summed E-state index contributed by atoms with van der Waals surface area (Å²) in [6.45, 7) is 5.71. The first-order valence-corrected chi connectivity index (χ1v) is 5.98. The Morgan fingerprint density at radius 3 is 2.47 bits per heavy atom. The Balaban J connectivity index is 2.47. The second-order valence-corrected chi connectivity index (χ2v) is 4.43. The zero-order chi connectivity index (χ0) is 11.1. The Kier molecular flexibility index (Phi) is 5.53. The zero-order valence-corrected chi connectivity index (χ0v) is 10.1. The summed E-state index contributed by atoms with van der Waals surface area (Å²) in [6, 6.07) is 0. The van der Waals surface area contributed by atoms with Gasteiger partial charge in [-0.25, -0.2) is 10.4 Å². The maximum absolute atomic E-state index is 5.85. The third-order valence-electron chi connectivity index (χ3n) is 3.24. The second kappa shape index (κ2) is 6.43.